The number of amides is 1. The maximum absolute atomic E-state index is 12.9. The third-order valence-electron chi connectivity index (χ3n) is 4.51. The molecule has 3 heterocycles. The third-order valence-corrected chi connectivity index (χ3v) is 4.51. The molecule has 25 heavy (non-hydrogen) atoms. The van der Waals surface area contributed by atoms with E-state index in [0.717, 1.165) is 19.4 Å². The Labute approximate surface area is 147 Å². The molecule has 0 radical (unpaired) electrons. The van der Waals surface area contributed by atoms with Crippen molar-refractivity contribution in [3.8, 4) is 0 Å². The molecule has 0 spiro atoms. The number of carbonyl (C=O) groups is 1. The Morgan fingerprint density at radius 2 is 2.28 bits per heavy atom. The van der Waals surface area contributed by atoms with E-state index >= 15 is 0 Å². The molecule has 0 bridgehead atoms. The lowest BCUT2D eigenvalue weighted by Gasteiger charge is -2.31. The summed E-state index contributed by atoms with van der Waals surface area (Å²) in [6, 6.07) is 1.77. The van der Waals surface area contributed by atoms with E-state index in [9.17, 15) is 4.79 Å². The number of aryl methyl sites for hydroxylation is 1. The van der Waals surface area contributed by atoms with Gasteiger partial charge in [0.25, 0.3) is 5.91 Å². The Balaban J connectivity index is 1.73. The van der Waals surface area contributed by atoms with Crippen molar-refractivity contribution in [2.75, 3.05) is 20.2 Å². The van der Waals surface area contributed by atoms with E-state index in [2.05, 4.69) is 10.1 Å². The summed E-state index contributed by atoms with van der Waals surface area (Å²) in [5.74, 6) is 2.94. The van der Waals surface area contributed by atoms with Crippen LogP contribution in [-0.4, -0.2) is 41.1 Å². The molecule has 0 aromatic carbocycles. The fourth-order valence-corrected chi connectivity index (χ4v) is 3.16. The standard InChI is InChI=1S/C18H25N3O4/c1-11(2)17-19-16(20-25-17)13-6-5-7-21(9-13)18(22)15-8-14(10-23-4)24-12(15)3/h8,11,13H,5-7,9-10H2,1-4H3. The number of rotatable bonds is 5. The summed E-state index contributed by atoms with van der Waals surface area (Å²) in [5.41, 5.74) is 0.601. The minimum absolute atomic E-state index is 0.0131. The summed E-state index contributed by atoms with van der Waals surface area (Å²) in [4.78, 5) is 19.2. The van der Waals surface area contributed by atoms with Crippen LogP contribution in [-0.2, 0) is 11.3 Å². The fourth-order valence-electron chi connectivity index (χ4n) is 3.16. The first-order valence-electron chi connectivity index (χ1n) is 8.70. The molecule has 1 fully saturated rings. The molecule has 1 unspecified atom stereocenters. The number of nitrogens with zero attached hydrogens (tertiary/aromatic N) is 3. The second-order valence-corrected chi connectivity index (χ2v) is 6.85. The van der Waals surface area contributed by atoms with Gasteiger partial charge in [0.2, 0.25) is 5.89 Å². The number of furan rings is 1. The van der Waals surface area contributed by atoms with Crippen molar-refractivity contribution < 1.29 is 18.5 Å². The number of likely N-dealkylation sites (tertiary alicyclic amines) is 1. The van der Waals surface area contributed by atoms with Gasteiger partial charge in [-0.2, -0.15) is 4.98 Å². The van der Waals surface area contributed by atoms with Gasteiger partial charge in [-0.05, 0) is 25.8 Å². The minimum Gasteiger partial charge on any atom is -0.463 e. The Bertz CT molecular complexity index is 735. The van der Waals surface area contributed by atoms with Gasteiger partial charge in [0.15, 0.2) is 5.82 Å². The number of piperidine rings is 1. The maximum atomic E-state index is 12.9. The van der Waals surface area contributed by atoms with Crippen LogP contribution in [0.3, 0.4) is 0 Å². The van der Waals surface area contributed by atoms with Crippen molar-refractivity contribution in [2.24, 2.45) is 0 Å². The molecule has 1 saturated heterocycles. The van der Waals surface area contributed by atoms with Crippen molar-refractivity contribution in [3.05, 3.63) is 34.9 Å². The van der Waals surface area contributed by atoms with Crippen LogP contribution in [0.25, 0.3) is 0 Å². The van der Waals surface area contributed by atoms with Crippen LogP contribution in [0.1, 0.15) is 72.1 Å². The Morgan fingerprint density at radius 3 is 2.96 bits per heavy atom. The molecule has 2 aromatic rings. The van der Waals surface area contributed by atoms with Gasteiger partial charge < -0.3 is 18.6 Å². The van der Waals surface area contributed by atoms with Crippen LogP contribution in [0.4, 0.5) is 0 Å². The van der Waals surface area contributed by atoms with Crippen LogP contribution in [0.15, 0.2) is 15.0 Å². The number of carbonyl (C=O) groups excluding carboxylic acids is 1. The predicted molar refractivity (Wildman–Crippen MR) is 90.4 cm³/mol. The molecule has 1 aliphatic heterocycles. The molecular weight excluding hydrogens is 322 g/mol. The van der Waals surface area contributed by atoms with Gasteiger partial charge in [-0.25, -0.2) is 0 Å². The van der Waals surface area contributed by atoms with Gasteiger partial charge in [-0.3, -0.25) is 4.79 Å². The molecule has 2 aromatic heterocycles. The van der Waals surface area contributed by atoms with Crippen molar-refractivity contribution in [1.82, 2.24) is 15.0 Å². The third kappa shape index (κ3) is 3.76. The quantitative estimate of drug-likeness (QED) is 0.826. The van der Waals surface area contributed by atoms with E-state index in [-0.39, 0.29) is 17.7 Å². The topological polar surface area (TPSA) is 81.6 Å². The van der Waals surface area contributed by atoms with Gasteiger partial charge in [-0.1, -0.05) is 19.0 Å². The Kier molecular flexibility index (Phi) is 5.22. The Morgan fingerprint density at radius 1 is 1.48 bits per heavy atom. The number of methoxy groups -OCH3 is 1. The van der Waals surface area contributed by atoms with Crippen molar-refractivity contribution in [2.45, 2.75) is 52.1 Å². The van der Waals surface area contributed by atoms with E-state index in [1.807, 2.05) is 25.7 Å². The lowest BCUT2D eigenvalue weighted by atomic mass is 9.96. The molecule has 0 aliphatic carbocycles. The smallest absolute Gasteiger partial charge is 0.257 e. The molecule has 0 saturated carbocycles. The van der Waals surface area contributed by atoms with Crippen LogP contribution >= 0.6 is 0 Å². The number of ether oxygens (including phenoxy) is 1. The molecule has 3 rings (SSSR count). The second kappa shape index (κ2) is 7.39. The summed E-state index contributed by atoms with van der Waals surface area (Å²) in [5, 5.41) is 4.11. The summed E-state index contributed by atoms with van der Waals surface area (Å²) in [6.07, 6.45) is 1.88. The summed E-state index contributed by atoms with van der Waals surface area (Å²) in [7, 11) is 1.60. The number of hydrogen-bond donors (Lipinski definition) is 0. The molecular formula is C18H25N3O4. The van der Waals surface area contributed by atoms with Gasteiger partial charge in [0.05, 0.1) is 5.56 Å². The Hall–Kier alpha value is -2.15. The average Bonchev–Trinajstić information content (AvgIpc) is 3.22. The molecule has 7 nitrogen and oxygen atoms in total. The first kappa shape index (κ1) is 17.7. The molecule has 1 amide bonds. The minimum atomic E-state index is -0.0131. The number of aromatic nitrogens is 2. The largest absolute Gasteiger partial charge is 0.463 e. The molecule has 1 atom stereocenters. The van der Waals surface area contributed by atoms with Crippen molar-refractivity contribution in [3.63, 3.8) is 0 Å². The van der Waals surface area contributed by atoms with E-state index in [0.29, 0.717) is 42.0 Å². The zero-order valence-corrected chi connectivity index (χ0v) is 15.2. The summed E-state index contributed by atoms with van der Waals surface area (Å²) < 4.78 is 16.0. The molecule has 1 aliphatic rings. The molecule has 0 N–H and O–H groups in total. The fraction of sp³-hybridized carbons (Fsp3) is 0.611. The van der Waals surface area contributed by atoms with E-state index in [1.165, 1.54) is 0 Å². The highest BCUT2D eigenvalue weighted by Crippen LogP contribution is 2.28. The lowest BCUT2D eigenvalue weighted by Crippen LogP contribution is -2.39. The molecule has 7 heteroatoms. The first-order valence-corrected chi connectivity index (χ1v) is 8.70. The monoisotopic (exact) mass is 347 g/mol. The van der Waals surface area contributed by atoms with Crippen LogP contribution < -0.4 is 0 Å². The normalized spacial score (nSPS) is 18.1. The lowest BCUT2D eigenvalue weighted by molar-refractivity contribution is 0.0702. The van der Waals surface area contributed by atoms with Crippen molar-refractivity contribution in [1.29, 1.82) is 0 Å². The van der Waals surface area contributed by atoms with Gasteiger partial charge in [0, 0.05) is 32.0 Å². The van der Waals surface area contributed by atoms with Gasteiger partial charge >= 0.3 is 0 Å². The van der Waals surface area contributed by atoms with Gasteiger partial charge in [0.1, 0.15) is 18.1 Å². The zero-order chi connectivity index (χ0) is 18.0. The van der Waals surface area contributed by atoms with E-state index in [4.69, 9.17) is 13.7 Å². The van der Waals surface area contributed by atoms with Gasteiger partial charge in [-0.15, -0.1) is 0 Å². The zero-order valence-electron chi connectivity index (χ0n) is 15.2. The SMILES string of the molecule is COCc1cc(C(=O)N2CCCC(c3noc(C(C)C)n3)C2)c(C)o1. The van der Waals surface area contributed by atoms with E-state index in [1.54, 1.807) is 13.2 Å². The van der Waals surface area contributed by atoms with Crippen molar-refractivity contribution >= 4 is 5.91 Å². The average molecular weight is 347 g/mol. The highest BCUT2D eigenvalue weighted by Gasteiger charge is 2.30. The predicted octanol–water partition coefficient (Wildman–Crippen LogP) is 3.26. The van der Waals surface area contributed by atoms with Crippen LogP contribution in [0, 0.1) is 6.92 Å². The summed E-state index contributed by atoms with van der Waals surface area (Å²) in [6.45, 7) is 7.54. The van der Waals surface area contributed by atoms with Crippen LogP contribution in [0.5, 0.6) is 0 Å². The molecule has 136 valence electrons. The maximum Gasteiger partial charge on any atom is 0.257 e. The summed E-state index contributed by atoms with van der Waals surface area (Å²) >= 11 is 0. The highest BCUT2D eigenvalue weighted by atomic mass is 16.5. The second-order valence-electron chi connectivity index (χ2n) is 6.85. The first-order chi connectivity index (χ1) is 12.0. The highest BCUT2D eigenvalue weighted by molar-refractivity contribution is 5.95. The van der Waals surface area contributed by atoms with Crippen LogP contribution in [0.2, 0.25) is 0 Å². The van der Waals surface area contributed by atoms with E-state index < -0.39 is 0 Å². The number of hydrogen-bond acceptors (Lipinski definition) is 6.